The lowest BCUT2D eigenvalue weighted by Gasteiger charge is -2.58. The largest absolute Gasteiger partial charge is 0.377 e. The van der Waals surface area contributed by atoms with Gasteiger partial charge < -0.3 is 10.5 Å². The van der Waals surface area contributed by atoms with Crippen molar-refractivity contribution in [2.75, 3.05) is 13.2 Å². The Morgan fingerprint density at radius 3 is 2.58 bits per heavy atom. The van der Waals surface area contributed by atoms with Crippen molar-refractivity contribution in [2.45, 2.75) is 111 Å². The van der Waals surface area contributed by atoms with E-state index < -0.39 is 0 Å². The van der Waals surface area contributed by atoms with Gasteiger partial charge in [0, 0.05) is 6.54 Å². The summed E-state index contributed by atoms with van der Waals surface area (Å²) < 4.78 is 6.07. The fourth-order valence-electron chi connectivity index (χ4n) is 9.03. The molecule has 4 rings (SSSR count). The van der Waals surface area contributed by atoms with Crippen LogP contribution in [-0.2, 0) is 4.74 Å². The van der Waals surface area contributed by atoms with Crippen molar-refractivity contribution in [3.8, 4) is 0 Å². The SMILES string of the molecule is CC(C)CCC[C@@H](C)[C@H]1CCC2C3CC=C4C[C@@H](OCCN)CC[C@]4(C)C3CC[C@@]21C. The lowest BCUT2D eigenvalue weighted by molar-refractivity contribution is -0.0634. The van der Waals surface area contributed by atoms with Gasteiger partial charge in [-0.1, -0.05) is 65.5 Å². The van der Waals surface area contributed by atoms with E-state index in [-0.39, 0.29) is 0 Å². The highest BCUT2D eigenvalue weighted by atomic mass is 16.5. The topological polar surface area (TPSA) is 35.2 Å². The van der Waals surface area contributed by atoms with Gasteiger partial charge in [-0.3, -0.25) is 0 Å². The van der Waals surface area contributed by atoms with Crippen LogP contribution in [0, 0.1) is 46.3 Å². The van der Waals surface area contributed by atoms with Crippen LogP contribution in [0.3, 0.4) is 0 Å². The Morgan fingerprint density at radius 1 is 1.03 bits per heavy atom. The van der Waals surface area contributed by atoms with Crippen molar-refractivity contribution in [3.63, 3.8) is 0 Å². The Bertz CT molecular complexity index is 641. The minimum absolute atomic E-state index is 0.413. The summed E-state index contributed by atoms with van der Waals surface area (Å²) in [5.74, 6) is 5.53. The molecule has 4 aliphatic rings. The molecule has 0 aromatic rings. The first-order valence-corrected chi connectivity index (χ1v) is 13.8. The van der Waals surface area contributed by atoms with E-state index in [1.165, 1.54) is 64.2 Å². The van der Waals surface area contributed by atoms with Crippen LogP contribution in [0.25, 0.3) is 0 Å². The van der Waals surface area contributed by atoms with Gasteiger partial charge in [0.2, 0.25) is 0 Å². The second kappa shape index (κ2) is 9.49. The Hall–Kier alpha value is -0.340. The minimum Gasteiger partial charge on any atom is -0.377 e. The highest BCUT2D eigenvalue weighted by molar-refractivity contribution is 5.25. The first kappa shape index (κ1) is 23.8. The van der Waals surface area contributed by atoms with Crippen LogP contribution in [0.2, 0.25) is 0 Å². The molecule has 2 N–H and O–H groups in total. The van der Waals surface area contributed by atoms with Crippen molar-refractivity contribution in [2.24, 2.45) is 52.1 Å². The first-order chi connectivity index (χ1) is 14.8. The molecule has 178 valence electrons. The average Bonchev–Trinajstić information content (AvgIpc) is 3.09. The number of rotatable bonds is 8. The van der Waals surface area contributed by atoms with Gasteiger partial charge >= 0.3 is 0 Å². The van der Waals surface area contributed by atoms with Crippen molar-refractivity contribution in [1.82, 2.24) is 0 Å². The molecule has 0 radical (unpaired) electrons. The summed E-state index contributed by atoms with van der Waals surface area (Å²) in [5, 5.41) is 0. The molecule has 8 atom stereocenters. The number of allylic oxidation sites excluding steroid dienone is 1. The maximum Gasteiger partial charge on any atom is 0.0613 e. The Labute approximate surface area is 193 Å². The van der Waals surface area contributed by atoms with Crippen LogP contribution >= 0.6 is 0 Å². The van der Waals surface area contributed by atoms with Crippen LogP contribution < -0.4 is 5.73 Å². The Balaban J connectivity index is 1.45. The monoisotopic (exact) mass is 429 g/mol. The zero-order chi connectivity index (χ0) is 22.2. The molecule has 3 fully saturated rings. The summed E-state index contributed by atoms with van der Waals surface area (Å²) >= 11 is 0. The van der Waals surface area contributed by atoms with Gasteiger partial charge in [-0.15, -0.1) is 0 Å². The summed E-state index contributed by atoms with van der Waals surface area (Å²) in [4.78, 5) is 0. The fourth-order valence-corrected chi connectivity index (χ4v) is 9.03. The number of hydrogen-bond donors (Lipinski definition) is 1. The molecule has 0 saturated heterocycles. The Kier molecular flexibility index (Phi) is 7.29. The molecule has 3 saturated carbocycles. The smallest absolute Gasteiger partial charge is 0.0613 e. The van der Waals surface area contributed by atoms with Crippen LogP contribution in [0.4, 0.5) is 0 Å². The van der Waals surface area contributed by atoms with E-state index in [1.807, 2.05) is 0 Å². The van der Waals surface area contributed by atoms with Gasteiger partial charge in [0.15, 0.2) is 0 Å². The van der Waals surface area contributed by atoms with Crippen molar-refractivity contribution < 1.29 is 4.74 Å². The molecular formula is C29H51NO. The number of fused-ring (bicyclic) bond motifs is 5. The van der Waals surface area contributed by atoms with Crippen molar-refractivity contribution >= 4 is 0 Å². The molecule has 0 amide bonds. The third-order valence-corrected chi connectivity index (χ3v) is 10.7. The predicted octanol–water partition coefficient (Wildman–Crippen LogP) is 7.37. The van der Waals surface area contributed by atoms with Crippen molar-refractivity contribution in [3.05, 3.63) is 11.6 Å². The van der Waals surface area contributed by atoms with E-state index in [2.05, 4.69) is 40.7 Å². The minimum atomic E-state index is 0.413. The van der Waals surface area contributed by atoms with Crippen LogP contribution in [0.5, 0.6) is 0 Å². The molecule has 3 unspecified atom stereocenters. The standard InChI is InChI=1S/C29H51NO/c1-20(2)7-6-8-21(3)25-11-12-26-24-10-9-22-19-23(31-18-17-30)13-15-28(22,4)27(24)14-16-29(25,26)5/h9,20-21,23-27H,6-8,10-19,30H2,1-5H3/t21-,23+,24?,25-,26?,27?,28+,29-/m1/s1. The highest BCUT2D eigenvalue weighted by Gasteiger charge is 2.59. The van der Waals surface area contributed by atoms with Crippen LogP contribution in [-0.4, -0.2) is 19.3 Å². The molecule has 0 aromatic carbocycles. The highest BCUT2D eigenvalue weighted by Crippen LogP contribution is 2.67. The number of hydrogen-bond acceptors (Lipinski definition) is 2. The van der Waals surface area contributed by atoms with E-state index in [0.717, 1.165) is 48.5 Å². The lowest BCUT2D eigenvalue weighted by atomic mass is 9.47. The number of nitrogens with two attached hydrogens (primary N) is 1. The van der Waals surface area contributed by atoms with Crippen LogP contribution in [0.15, 0.2) is 11.6 Å². The maximum absolute atomic E-state index is 6.07. The molecule has 4 aliphatic carbocycles. The van der Waals surface area contributed by atoms with Gasteiger partial charge in [-0.2, -0.15) is 0 Å². The fraction of sp³-hybridized carbons (Fsp3) is 0.931. The second-order valence-corrected chi connectivity index (χ2v) is 12.8. The summed E-state index contributed by atoms with van der Waals surface area (Å²) in [6.07, 6.45) is 18.4. The molecular weight excluding hydrogens is 378 g/mol. The predicted molar refractivity (Wildman–Crippen MR) is 132 cm³/mol. The average molecular weight is 430 g/mol. The van der Waals surface area contributed by atoms with E-state index >= 15 is 0 Å². The summed E-state index contributed by atoms with van der Waals surface area (Å²) in [5.41, 5.74) is 8.46. The first-order valence-electron chi connectivity index (χ1n) is 13.8. The number of ether oxygens (including phenoxy) is 1. The van der Waals surface area contributed by atoms with Crippen molar-refractivity contribution in [1.29, 1.82) is 0 Å². The van der Waals surface area contributed by atoms with E-state index in [0.29, 0.717) is 23.5 Å². The van der Waals surface area contributed by atoms with E-state index in [1.54, 1.807) is 5.57 Å². The third kappa shape index (κ3) is 4.42. The molecule has 0 aromatic heterocycles. The molecule has 0 aliphatic heterocycles. The zero-order valence-corrected chi connectivity index (χ0v) is 21.3. The molecule has 2 heteroatoms. The van der Waals surface area contributed by atoms with E-state index in [9.17, 15) is 0 Å². The molecule has 0 spiro atoms. The lowest BCUT2D eigenvalue weighted by Crippen LogP contribution is -2.51. The maximum atomic E-state index is 6.07. The Morgan fingerprint density at radius 2 is 1.84 bits per heavy atom. The zero-order valence-electron chi connectivity index (χ0n) is 21.3. The van der Waals surface area contributed by atoms with Gasteiger partial charge in [-0.25, -0.2) is 0 Å². The second-order valence-electron chi connectivity index (χ2n) is 12.8. The van der Waals surface area contributed by atoms with Gasteiger partial charge in [-0.05, 0) is 97.7 Å². The normalized spacial score (nSPS) is 43.2. The van der Waals surface area contributed by atoms with Gasteiger partial charge in [0.25, 0.3) is 0 Å². The molecule has 0 bridgehead atoms. The van der Waals surface area contributed by atoms with E-state index in [4.69, 9.17) is 10.5 Å². The van der Waals surface area contributed by atoms with Crippen LogP contribution in [0.1, 0.15) is 105 Å². The summed E-state index contributed by atoms with van der Waals surface area (Å²) in [6, 6.07) is 0. The molecule has 2 nitrogen and oxygen atoms in total. The van der Waals surface area contributed by atoms with Gasteiger partial charge in [0.1, 0.15) is 0 Å². The molecule has 0 heterocycles. The summed E-state index contributed by atoms with van der Waals surface area (Å²) in [7, 11) is 0. The van der Waals surface area contributed by atoms with Gasteiger partial charge in [0.05, 0.1) is 12.7 Å². The summed E-state index contributed by atoms with van der Waals surface area (Å²) in [6.45, 7) is 14.0. The molecule has 31 heavy (non-hydrogen) atoms. The quantitative estimate of drug-likeness (QED) is 0.409. The third-order valence-electron chi connectivity index (χ3n) is 10.7.